The van der Waals surface area contributed by atoms with Crippen molar-refractivity contribution in [2.45, 2.75) is 12.5 Å². The van der Waals surface area contributed by atoms with Crippen LogP contribution in [0.15, 0.2) is 54.6 Å². The standard InChI is InChI=1S/C19H17ClN2O3/c1-22-16-8-7-14(20)10-13(16)11-17(22)18(23)21-15(19(24)25)9-12-5-3-2-4-6-12/h2-8,10-11,15H,9H2,1H3,(H,21,23)(H,24,25). The van der Waals surface area contributed by atoms with E-state index in [1.54, 1.807) is 29.8 Å². The van der Waals surface area contributed by atoms with Gasteiger partial charge >= 0.3 is 5.97 Å². The van der Waals surface area contributed by atoms with Gasteiger partial charge in [0.05, 0.1) is 0 Å². The summed E-state index contributed by atoms with van der Waals surface area (Å²) in [5.74, 6) is -1.50. The number of hydrogen-bond donors (Lipinski definition) is 2. The number of fused-ring (bicyclic) bond motifs is 1. The lowest BCUT2D eigenvalue weighted by Crippen LogP contribution is -2.42. The zero-order valence-electron chi connectivity index (χ0n) is 13.6. The molecule has 0 spiro atoms. The summed E-state index contributed by atoms with van der Waals surface area (Å²) < 4.78 is 1.72. The topological polar surface area (TPSA) is 71.3 Å². The summed E-state index contributed by atoms with van der Waals surface area (Å²) in [5, 5.41) is 13.5. The van der Waals surface area contributed by atoms with Crippen molar-refractivity contribution in [1.29, 1.82) is 0 Å². The first kappa shape index (κ1) is 17.0. The van der Waals surface area contributed by atoms with Crippen LogP contribution in [0.1, 0.15) is 16.1 Å². The van der Waals surface area contributed by atoms with Crippen molar-refractivity contribution in [2.24, 2.45) is 7.05 Å². The number of carboxylic acid groups (broad SMARTS) is 1. The molecular formula is C19H17ClN2O3. The minimum Gasteiger partial charge on any atom is -0.480 e. The lowest BCUT2D eigenvalue weighted by atomic mass is 10.1. The molecule has 0 bridgehead atoms. The molecule has 1 aromatic heterocycles. The predicted octanol–water partition coefficient (Wildman–Crippen LogP) is 3.26. The number of hydrogen-bond acceptors (Lipinski definition) is 2. The maximum atomic E-state index is 12.6. The normalized spacial score (nSPS) is 12.1. The van der Waals surface area contributed by atoms with Crippen LogP contribution in [0.2, 0.25) is 5.02 Å². The van der Waals surface area contributed by atoms with Crippen LogP contribution in [0.5, 0.6) is 0 Å². The van der Waals surface area contributed by atoms with E-state index in [1.807, 2.05) is 36.4 Å². The second kappa shape index (κ2) is 6.99. The van der Waals surface area contributed by atoms with Gasteiger partial charge < -0.3 is 15.0 Å². The zero-order valence-corrected chi connectivity index (χ0v) is 14.3. The highest BCUT2D eigenvalue weighted by molar-refractivity contribution is 6.31. The number of rotatable bonds is 5. The highest BCUT2D eigenvalue weighted by Gasteiger charge is 2.23. The molecule has 1 atom stereocenters. The Balaban J connectivity index is 1.84. The Kier molecular flexibility index (Phi) is 4.76. The zero-order chi connectivity index (χ0) is 18.0. The third kappa shape index (κ3) is 3.67. The van der Waals surface area contributed by atoms with Crippen LogP contribution in [0.3, 0.4) is 0 Å². The van der Waals surface area contributed by atoms with E-state index in [0.717, 1.165) is 16.5 Å². The Morgan fingerprint density at radius 2 is 1.88 bits per heavy atom. The first-order valence-corrected chi connectivity index (χ1v) is 8.16. The SMILES string of the molecule is Cn1c(C(=O)NC(Cc2ccccc2)C(=O)O)cc2cc(Cl)ccc21. The molecule has 3 rings (SSSR count). The van der Waals surface area contributed by atoms with E-state index in [9.17, 15) is 14.7 Å². The van der Waals surface area contributed by atoms with E-state index in [0.29, 0.717) is 10.7 Å². The summed E-state index contributed by atoms with van der Waals surface area (Å²) in [6.07, 6.45) is 0.220. The molecule has 0 radical (unpaired) electrons. The average molecular weight is 357 g/mol. The smallest absolute Gasteiger partial charge is 0.326 e. The van der Waals surface area contributed by atoms with E-state index in [-0.39, 0.29) is 6.42 Å². The summed E-state index contributed by atoms with van der Waals surface area (Å²) in [6.45, 7) is 0. The van der Waals surface area contributed by atoms with Crippen molar-refractivity contribution in [3.63, 3.8) is 0 Å². The Morgan fingerprint density at radius 1 is 1.16 bits per heavy atom. The van der Waals surface area contributed by atoms with E-state index >= 15 is 0 Å². The fraction of sp³-hybridized carbons (Fsp3) is 0.158. The Labute approximate surface area is 149 Å². The highest BCUT2D eigenvalue weighted by Crippen LogP contribution is 2.22. The number of nitrogens with zero attached hydrogens (tertiary/aromatic N) is 1. The first-order valence-electron chi connectivity index (χ1n) is 7.78. The average Bonchev–Trinajstić information content (AvgIpc) is 2.91. The van der Waals surface area contributed by atoms with Crippen molar-refractivity contribution >= 4 is 34.4 Å². The monoisotopic (exact) mass is 356 g/mol. The van der Waals surface area contributed by atoms with Gasteiger partial charge in [-0.2, -0.15) is 0 Å². The molecule has 5 nitrogen and oxygen atoms in total. The summed E-state index contributed by atoms with van der Waals surface area (Å²) in [6, 6.07) is 15.3. The number of halogens is 1. The van der Waals surface area contributed by atoms with Crippen molar-refractivity contribution in [2.75, 3.05) is 0 Å². The number of aliphatic carboxylic acids is 1. The first-order chi connectivity index (χ1) is 12.0. The summed E-state index contributed by atoms with van der Waals surface area (Å²) in [4.78, 5) is 24.1. The van der Waals surface area contributed by atoms with Gasteiger partial charge in [-0.25, -0.2) is 4.79 Å². The number of carboxylic acids is 1. The van der Waals surface area contributed by atoms with Crippen LogP contribution in [0.25, 0.3) is 10.9 Å². The molecule has 1 amide bonds. The molecule has 0 saturated carbocycles. The number of carbonyl (C=O) groups excluding carboxylic acids is 1. The summed E-state index contributed by atoms with van der Waals surface area (Å²) >= 11 is 5.99. The van der Waals surface area contributed by atoms with Gasteiger partial charge in [-0.1, -0.05) is 41.9 Å². The summed E-state index contributed by atoms with van der Waals surface area (Å²) in [5.41, 5.74) is 2.08. The van der Waals surface area contributed by atoms with Gasteiger partial charge in [0.2, 0.25) is 0 Å². The number of carbonyl (C=O) groups is 2. The maximum absolute atomic E-state index is 12.6. The third-order valence-corrected chi connectivity index (χ3v) is 4.36. The second-order valence-electron chi connectivity index (χ2n) is 5.85. The lowest BCUT2D eigenvalue weighted by Gasteiger charge is -2.15. The van der Waals surface area contributed by atoms with Gasteiger partial charge in [-0.15, -0.1) is 0 Å². The Hall–Kier alpha value is -2.79. The number of benzene rings is 2. The van der Waals surface area contributed by atoms with Crippen LogP contribution >= 0.6 is 11.6 Å². The van der Waals surface area contributed by atoms with Crippen LogP contribution in [-0.4, -0.2) is 27.6 Å². The maximum Gasteiger partial charge on any atom is 0.326 e. The molecule has 1 heterocycles. The van der Waals surface area contributed by atoms with Crippen LogP contribution in [0, 0.1) is 0 Å². The van der Waals surface area contributed by atoms with Crippen LogP contribution in [-0.2, 0) is 18.3 Å². The van der Waals surface area contributed by atoms with E-state index in [1.165, 1.54) is 0 Å². The van der Waals surface area contributed by atoms with Crippen molar-refractivity contribution in [3.05, 3.63) is 70.9 Å². The van der Waals surface area contributed by atoms with Gasteiger partial charge in [0, 0.05) is 29.4 Å². The fourth-order valence-electron chi connectivity index (χ4n) is 2.82. The number of aryl methyl sites for hydroxylation is 1. The molecule has 0 aliphatic carbocycles. The second-order valence-corrected chi connectivity index (χ2v) is 6.28. The molecule has 2 aromatic carbocycles. The van der Waals surface area contributed by atoms with Gasteiger partial charge in [0.25, 0.3) is 5.91 Å². The van der Waals surface area contributed by atoms with E-state index in [4.69, 9.17) is 11.6 Å². The Bertz CT molecular complexity index is 934. The van der Waals surface area contributed by atoms with Gasteiger partial charge in [-0.05, 0) is 29.8 Å². The molecule has 0 aliphatic heterocycles. The molecule has 1 unspecified atom stereocenters. The van der Waals surface area contributed by atoms with Gasteiger partial charge in [0.15, 0.2) is 0 Å². The van der Waals surface area contributed by atoms with E-state index < -0.39 is 17.9 Å². The van der Waals surface area contributed by atoms with Crippen molar-refractivity contribution in [1.82, 2.24) is 9.88 Å². The van der Waals surface area contributed by atoms with Gasteiger partial charge in [-0.3, -0.25) is 4.79 Å². The molecule has 0 saturated heterocycles. The fourth-order valence-corrected chi connectivity index (χ4v) is 3.00. The molecule has 0 fully saturated rings. The third-order valence-electron chi connectivity index (χ3n) is 4.12. The van der Waals surface area contributed by atoms with Gasteiger partial charge in [0.1, 0.15) is 11.7 Å². The molecule has 2 N–H and O–H groups in total. The number of nitrogens with one attached hydrogen (secondary N) is 1. The molecule has 25 heavy (non-hydrogen) atoms. The largest absolute Gasteiger partial charge is 0.480 e. The van der Waals surface area contributed by atoms with E-state index in [2.05, 4.69) is 5.32 Å². The molecule has 128 valence electrons. The number of amides is 1. The van der Waals surface area contributed by atoms with Crippen molar-refractivity contribution in [3.8, 4) is 0 Å². The quantitative estimate of drug-likeness (QED) is 0.737. The molecule has 3 aromatic rings. The van der Waals surface area contributed by atoms with Crippen LogP contribution < -0.4 is 5.32 Å². The minimum atomic E-state index is -1.07. The van der Waals surface area contributed by atoms with Crippen LogP contribution in [0.4, 0.5) is 0 Å². The highest BCUT2D eigenvalue weighted by atomic mass is 35.5. The number of aromatic nitrogens is 1. The molecule has 6 heteroatoms. The summed E-state index contributed by atoms with van der Waals surface area (Å²) in [7, 11) is 1.76. The van der Waals surface area contributed by atoms with Crippen molar-refractivity contribution < 1.29 is 14.7 Å². The Morgan fingerprint density at radius 3 is 2.56 bits per heavy atom. The lowest BCUT2D eigenvalue weighted by molar-refractivity contribution is -0.139. The molecule has 0 aliphatic rings. The molecular weight excluding hydrogens is 340 g/mol. The predicted molar refractivity (Wildman–Crippen MR) is 97.0 cm³/mol. The minimum absolute atomic E-state index is 0.220.